The number of halogens is 2. The van der Waals surface area contributed by atoms with E-state index in [1.807, 2.05) is 0 Å². The average Bonchev–Trinajstić information content (AvgIpc) is 3.00. The molecule has 1 N–H and O–H groups in total. The molecule has 0 amide bonds. The summed E-state index contributed by atoms with van der Waals surface area (Å²) in [4.78, 5) is 23.4. The second-order valence-corrected chi connectivity index (χ2v) is 7.15. The molecule has 0 radical (unpaired) electrons. The highest BCUT2D eigenvalue weighted by Crippen LogP contribution is 2.35. The zero-order valence-electron chi connectivity index (χ0n) is 14.8. The van der Waals surface area contributed by atoms with Crippen LogP contribution in [0.4, 0.5) is 0 Å². The summed E-state index contributed by atoms with van der Waals surface area (Å²) in [5.74, 6) is -1.34. The van der Waals surface area contributed by atoms with E-state index in [-0.39, 0.29) is 24.8 Å². The van der Waals surface area contributed by atoms with Crippen LogP contribution in [0.3, 0.4) is 0 Å². The van der Waals surface area contributed by atoms with Gasteiger partial charge in [-0.3, -0.25) is 4.79 Å². The average molecular weight is 468 g/mol. The first-order valence-corrected chi connectivity index (χ1v) is 9.57. The molecule has 1 aromatic heterocycles. The van der Waals surface area contributed by atoms with Crippen molar-refractivity contribution >= 4 is 50.4 Å². The molecule has 0 spiro atoms. The molecular formula is C20H16BrClO6. The first-order chi connectivity index (χ1) is 13.4. The van der Waals surface area contributed by atoms with E-state index in [4.69, 9.17) is 25.5 Å². The van der Waals surface area contributed by atoms with Gasteiger partial charge in [0.2, 0.25) is 5.76 Å². The van der Waals surface area contributed by atoms with Gasteiger partial charge in [-0.25, -0.2) is 4.79 Å². The zero-order valence-corrected chi connectivity index (χ0v) is 17.2. The van der Waals surface area contributed by atoms with Crippen molar-refractivity contribution in [2.24, 2.45) is 0 Å². The molecule has 0 fully saturated rings. The standard InChI is InChI=1S/C20H16BrClO6/c1-2-26-17(23)7-11-5-3-4-6-16(11)27-10-14-13-8-12(22)9-15(21)18(13)28-19(14)20(24)25/h3-6,8-9H,2,7,10H2,1H3,(H,24,25). The number of para-hydroxylation sites is 1. The van der Waals surface area contributed by atoms with E-state index < -0.39 is 5.97 Å². The molecule has 2 aromatic carbocycles. The lowest BCUT2D eigenvalue weighted by Crippen LogP contribution is -2.09. The Hall–Kier alpha value is -2.51. The molecule has 6 nitrogen and oxygen atoms in total. The van der Waals surface area contributed by atoms with E-state index in [9.17, 15) is 14.7 Å². The fraction of sp³-hybridized carbons (Fsp3) is 0.200. The van der Waals surface area contributed by atoms with Crippen LogP contribution in [0.5, 0.6) is 5.75 Å². The number of fused-ring (bicyclic) bond motifs is 1. The van der Waals surface area contributed by atoms with Crippen molar-refractivity contribution in [2.45, 2.75) is 20.0 Å². The summed E-state index contributed by atoms with van der Waals surface area (Å²) < 4.78 is 16.9. The van der Waals surface area contributed by atoms with Gasteiger partial charge in [0.15, 0.2) is 0 Å². The number of carboxylic acid groups (broad SMARTS) is 1. The first-order valence-electron chi connectivity index (χ1n) is 8.40. The number of carbonyl (C=O) groups excluding carboxylic acids is 1. The number of carboxylic acids is 1. The van der Waals surface area contributed by atoms with Gasteiger partial charge in [-0.2, -0.15) is 0 Å². The Morgan fingerprint density at radius 3 is 2.71 bits per heavy atom. The maximum Gasteiger partial charge on any atom is 0.372 e. The minimum atomic E-state index is -1.21. The summed E-state index contributed by atoms with van der Waals surface area (Å²) in [6.07, 6.45) is 0.0549. The molecule has 28 heavy (non-hydrogen) atoms. The Morgan fingerprint density at radius 2 is 2.00 bits per heavy atom. The van der Waals surface area contributed by atoms with Crippen LogP contribution in [0, 0.1) is 0 Å². The van der Waals surface area contributed by atoms with Crippen molar-refractivity contribution in [1.82, 2.24) is 0 Å². The molecule has 8 heteroatoms. The Balaban J connectivity index is 1.93. The zero-order chi connectivity index (χ0) is 20.3. The van der Waals surface area contributed by atoms with E-state index in [1.54, 1.807) is 43.3 Å². The van der Waals surface area contributed by atoms with Gasteiger partial charge in [-0.05, 0) is 41.1 Å². The van der Waals surface area contributed by atoms with Crippen LogP contribution in [-0.4, -0.2) is 23.7 Å². The Bertz CT molecular complexity index is 1040. The highest BCUT2D eigenvalue weighted by atomic mass is 79.9. The lowest BCUT2D eigenvalue weighted by Gasteiger charge is -2.11. The summed E-state index contributed by atoms with van der Waals surface area (Å²) in [6, 6.07) is 10.3. The Labute approximate surface area is 174 Å². The van der Waals surface area contributed by atoms with E-state index in [0.717, 1.165) is 0 Å². The second-order valence-electron chi connectivity index (χ2n) is 5.86. The van der Waals surface area contributed by atoms with E-state index >= 15 is 0 Å². The number of benzene rings is 2. The lowest BCUT2D eigenvalue weighted by molar-refractivity contribution is -0.142. The molecule has 3 aromatic rings. The molecule has 0 aliphatic rings. The quantitative estimate of drug-likeness (QED) is 0.479. The van der Waals surface area contributed by atoms with Crippen LogP contribution >= 0.6 is 27.5 Å². The molecule has 3 rings (SSSR count). The Kier molecular flexibility index (Phi) is 6.26. The molecule has 0 atom stereocenters. The third kappa shape index (κ3) is 4.31. The fourth-order valence-corrected chi connectivity index (χ4v) is 3.69. The number of furan rings is 1. The molecule has 0 aliphatic carbocycles. The minimum Gasteiger partial charge on any atom is -0.488 e. The molecule has 1 heterocycles. The first kappa shape index (κ1) is 20.2. The highest BCUT2D eigenvalue weighted by Gasteiger charge is 2.23. The molecule has 0 saturated heterocycles. The number of hydrogen-bond acceptors (Lipinski definition) is 5. The number of esters is 1. The van der Waals surface area contributed by atoms with Gasteiger partial charge in [0.05, 0.1) is 23.1 Å². The van der Waals surface area contributed by atoms with Crippen molar-refractivity contribution in [3.8, 4) is 5.75 Å². The maximum absolute atomic E-state index is 11.8. The van der Waals surface area contributed by atoms with E-state index in [0.29, 0.717) is 43.9 Å². The van der Waals surface area contributed by atoms with Gasteiger partial charge in [0.1, 0.15) is 17.9 Å². The summed E-state index contributed by atoms with van der Waals surface area (Å²) in [5, 5.41) is 10.5. The second kappa shape index (κ2) is 8.67. The molecular weight excluding hydrogens is 452 g/mol. The monoisotopic (exact) mass is 466 g/mol. The summed E-state index contributed by atoms with van der Waals surface area (Å²) in [5.41, 5.74) is 1.38. The predicted molar refractivity (Wildman–Crippen MR) is 107 cm³/mol. The molecule has 0 unspecified atom stereocenters. The van der Waals surface area contributed by atoms with Gasteiger partial charge >= 0.3 is 11.9 Å². The van der Waals surface area contributed by atoms with Crippen LogP contribution in [0.1, 0.15) is 28.6 Å². The largest absolute Gasteiger partial charge is 0.488 e. The molecule has 0 aliphatic heterocycles. The van der Waals surface area contributed by atoms with Crippen molar-refractivity contribution in [3.05, 3.63) is 62.8 Å². The van der Waals surface area contributed by atoms with Gasteiger partial charge in [0.25, 0.3) is 0 Å². The highest BCUT2D eigenvalue weighted by molar-refractivity contribution is 9.10. The molecule has 0 bridgehead atoms. The van der Waals surface area contributed by atoms with Gasteiger partial charge in [-0.15, -0.1) is 0 Å². The number of aromatic carboxylic acids is 1. The van der Waals surface area contributed by atoms with Gasteiger partial charge in [-0.1, -0.05) is 29.8 Å². The Morgan fingerprint density at radius 1 is 1.25 bits per heavy atom. The summed E-state index contributed by atoms with van der Waals surface area (Å²) in [6.45, 7) is 1.96. The normalized spacial score (nSPS) is 10.8. The van der Waals surface area contributed by atoms with E-state index in [2.05, 4.69) is 15.9 Å². The van der Waals surface area contributed by atoms with Crippen molar-refractivity contribution in [3.63, 3.8) is 0 Å². The SMILES string of the molecule is CCOC(=O)Cc1ccccc1OCc1c(C(=O)O)oc2c(Br)cc(Cl)cc12. The van der Waals surface area contributed by atoms with Gasteiger partial charge in [0, 0.05) is 16.0 Å². The summed E-state index contributed by atoms with van der Waals surface area (Å²) in [7, 11) is 0. The number of carbonyl (C=O) groups is 2. The van der Waals surface area contributed by atoms with Crippen molar-refractivity contribution in [2.75, 3.05) is 6.61 Å². The van der Waals surface area contributed by atoms with Crippen LogP contribution in [0.15, 0.2) is 45.3 Å². The molecule has 146 valence electrons. The smallest absolute Gasteiger partial charge is 0.372 e. The topological polar surface area (TPSA) is 86.0 Å². The number of rotatable bonds is 7. The van der Waals surface area contributed by atoms with E-state index in [1.165, 1.54) is 0 Å². The third-order valence-corrected chi connectivity index (χ3v) is 4.80. The third-order valence-electron chi connectivity index (χ3n) is 3.99. The minimum absolute atomic E-state index is 0.0549. The van der Waals surface area contributed by atoms with Gasteiger partial charge < -0.3 is 19.0 Å². The molecule has 0 saturated carbocycles. The van der Waals surface area contributed by atoms with Crippen LogP contribution in [0.25, 0.3) is 11.0 Å². The van der Waals surface area contributed by atoms with Crippen molar-refractivity contribution < 1.29 is 28.6 Å². The van der Waals surface area contributed by atoms with Crippen molar-refractivity contribution in [1.29, 1.82) is 0 Å². The number of ether oxygens (including phenoxy) is 2. The van der Waals surface area contributed by atoms with Crippen LogP contribution < -0.4 is 4.74 Å². The summed E-state index contributed by atoms with van der Waals surface area (Å²) >= 11 is 9.43. The van der Waals surface area contributed by atoms with Crippen LogP contribution in [-0.2, 0) is 22.6 Å². The number of hydrogen-bond donors (Lipinski definition) is 1. The van der Waals surface area contributed by atoms with Crippen LogP contribution in [0.2, 0.25) is 5.02 Å². The fourth-order valence-electron chi connectivity index (χ4n) is 2.80. The maximum atomic E-state index is 11.8. The predicted octanol–water partition coefficient (Wildman–Crippen LogP) is 5.23. The lowest BCUT2D eigenvalue weighted by atomic mass is 10.1.